The van der Waals surface area contributed by atoms with Crippen LogP contribution in [0.15, 0.2) is 30.6 Å². The molecule has 1 N–H and O–H groups in total. The number of carbonyl (C=O) groups is 1. The molecule has 0 amide bonds. The molecule has 3 heterocycles. The minimum absolute atomic E-state index is 0.142. The lowest BCUT2D eigenvalue weighted by molar-refractivity contribution is -0.113. The van der Waals surface area contributed by atoms with Gasteiger partial charge in [0.25, 0.3) is 0 Å². The number of likely N-dealkylation sites (tertiary alicyclic amines) is 1. The van der Waals surface area contributed by atoms with E-state index in [1.807, 2.05) is 36.7 Å². The molecule has 6 nitrogen and oxygen atoms in total. The summed E-state index contributed by atoms with van der Waals surface area (Å²) in [5, 5.41) is 3.66. The maximum Gasteiger partial charge on any atom is 0.165 e. The average molecular weight is 402 g/mol. The Kier molecular flexibility index (Phi) is 4.66. The molecular formula is C24H27N5O. The van der Waals surface area contributed by atoms with Gasteiger partial charge in [0, 0.05) is 42.7 Å². The van der Waals surface area contributed by atoms with E-state index in [4.69, 9.17) is 4.98 Å². The molecule has 1 atom stereocenters. The van der Waals surface area contributed by atoms with E-state index in [-0.39, 0.29) is 5.78 Å². The summed E-state index contributed by atoms with van der Waals surface area (Å²) in [6.07, 6.45) is 8.32. The summed E-state index contributed by atoms with van der Waals surface area (Å²) in [6.45, 7) is 6.12. The van der Waals surface area contributed by atoms with E-state index in [0.717, 1.165) is 59.9 Å². The first-order chi connectivity index (χ1) is 14.5. The Labute approximate surface area is 176 Å². The van der Waals surface area contributed by atoms with Gasteiger partial charge in [-0.3, -0.25) is 9.78 Å². The van der Waals surface area contributed by atoms with Gasteiger partial charge in [-0.2, -0.15) is 0 Å². The number of Topliss-reactive ketones (excluding diaryl/α,β-unsaturated/α-hetero) is 1. The van der Waals surface area contributed by atoms with Gasteiger partial charge in [0.1, 0.15) is 0 Å². The van der Waals surface area contributed by atoms with Gasteiger partial charge in [-0.25, -0.2) is 4.98 Å². The number of hydrogen-bond acceptors (Lipinski definition) is 5. The monoisotopic (exact) mass is 401 g/mol. The lowest BCUT2D eigenvalue weighted by Crippen LogP contribution is -2.23. The van der Waals surface area contributed by atoms with Crippen LogP contribution in [-0.4, -0.2) is 51.2 Å². The lowest BCUT2D eigenvalue weighted by Gasteiger charge is -2.16. The van der Waals surface area contributed by atoms with E-state index < -0.39 is 0 Å². The molecule has 1 aromatic carbocycles. The summed E-state index contributed by atoms with van der Waals surface area (Å²) in [5.74, 6) is 0.142. The Hall–Kier alpha value is -2.99. The summed E-state index contributed by atoms with van der Waals surface area (Å²) in [5.41, 5.74) is 7.48. The van der Waals surface area contributed by atoms with Crippen molar-refractivity contribution in [1.82, 2.24) is 19.3 Å². The standard InChI is InChI=1S/C24H27N5O/c1-15-12-29-14-22(27-24(29)16(2)25-15)21-11-18-4-6-19(10-17(18)5-7-23(21)30)26-20-8-9-28(3)13-20/h4,6,10-12,14,20,26H,5,7-9,13H2,1-3H3/t20-/m1/s1. The third-order valence-electron chi connectivity index (χ3n) is 6.13. The number of hydrogen-bond donors (Lipinski definition) is 1. The average Bonchev–Trinajstić information content (AvgIpc) is 3.27. The summed E-state index contributed by atoms with van der Waals surface area (Å²) in [4.78, 5) is 24.5. The Morgan fingerprint density at radius 1 is 1.13 bits per heavy atom. The number of anilines is 1. The van der Waals surface area contributed by atoms with Gasteiger partial charge >= 0.3 is 0 Å². The van der Waals surface area contributed by atoms with Crippen molar-refractivity contribution in [2.75, 3.05) is 25.5 Å². The molecule has 1 aliphatic carbocycles. The third-order valence-corrected chi connectivity index (χ3v) is 6.13. The summed E-state index contributed by atoms with van der Waals surface area (Å²) < 4.78 is 1.97. The van der Waals surface area contributed by atoms with Crippen LogP contribution < -0.4 is 5.32 Å². The van der Waals surface area contributed by atoms with Gasteiger partial charge in [-0.05, 0) is 69.6 Å². The second kappa shape index (κ2) is 7.36. The number of nitrogens with one attached hydrogen (secondary N) is 1. The van der Waals surface area contributed by atoms with Crippen molar-refractivity contribution in [2.24, 2.45) is 0 Å². The van der Waals surface area contributed by atoms with Crippen LogP contribution in [-0.2, 0) is 11.2 Å². The Morgan fingerprint density at radius 3 is 2.80 bits per heavy atom. The predicted molar refractivity (Wildman–Crippen MR) is 120 cm³/mol. The molecule has 3 aromatic rings. The van der Waals surface area contributed by atoms with Crippen LogP contribution in [0.4, 0.5) is 5.69 Å². The summed E-state index contributed by atoms with van der Waals surface area (Å²) >= 11 is 0. The van der Waals surface area contributed by atoms with Crippen LogP contribution in [0.2, 0.25) is 0 Å². The lowest BCUT2D eigenvalue weighted by atomic mass is 10.0. The quantitative estimate of drug-likeness (QED) is 0.728. The third kappa shape index (κ3) is 3.52. The van der Waals surface area contributed by atoms with Crippen molar-refractivity contribution in [3.63, 3.8) is 0 Å². The molecule has 2 aromatic heterocycles. The van der Waals surface area contributed by atoms with Crippen LogP contribution in [0.25, 0.3) is 17.3 Å². The zero-order chi connectivity index (χ0) is 20.8. The highest BCUT2D eigenvalue weighted by atomic mass is 16.1. The molecule has 1 saturated heterocycles. The molecule has 6 heteroatoms. The normalized spacial score (nSPS) is 19.6. The second-order valence-electron chi connectivity index (χ2n) is 8.61. The van der Waals surface area contributed by atoms with Crippen molar-refractivity contribution >= 4 is 28.8 Å². The van der Waals surface area contributed by atoms with Gasteiger partial charge in [0.2, 0.25) is 0 Å². The van der Waals surface area contributed by atoms with Crippen molar-refractivity contribution in [3.8, 4) is 0 Å². The van der Waals surface area contributed by atoms with Crippen molar-refractivity contribution < 1.29 is 4.79 Å². The van der Waals surface area contributed by atoms with Gasteiger partial charge < -0.3 is 14.6 Å². The first-order valence-corrected chi connectivity index (χ1v) is 10.6. The molecule has 154 valence electrons. The minimum Gasteiger partial charge on any atom is -0.381 e. The molecular weight excluding hydrogens is 374 g/mol. The van der Waals surface area contributed by atoms with Gasteiger partial charge in [0.15, 0.2) is 11.4 Å². The fourth-order valence-electron chi connectivity index (χ4n) is 4.61. The molecule has 1 fully saturated rings. The SMILES string of the molecule is Cc1cn2cc(C3=Cc4ccc(N[C@@H]5CCN(C)C5)cc4CCC3=O)nc2c(C)n1. The largest absolute Gasteiger partial charge is 0.381 e. The molecule has 1 aliphatic heterocycles. The number of aromatic nitrogens is 3. The number of ketones is 1. The number of likely N-dealkylation sites (N-methyl/N-ethyl adjacent to an activating group) is 1. The molecule has 5 rings (SSSR count). The number of fused-ring (bicyclic) bond motifs is 2. The first kappa shape index (κ1) is 19.0. The summed E-state index contributed by atoms with van der Waals surface area (Å²) in [7, 11) is 2.16. The number of allylic oxidation sites excluding steroid dienone is 1. The molecule has 0 saturated carbocycles. The highest BCUT2D eigenvalue weighted by Gasteiger charge is 2.22. The van der Waals surface area contributed by atoms with Crippen LogP contribution in [0.5, 0.6) is 0 Å². The number of imidazole rings is 1. The predicted octanol–water partition coefficient (Wildman–Crippen LogP) is 3.52. The van der Waals surface area contributed by atoms with E-state index in [2.05, 4.69) is 40.4 Å². The highest BCUT2D eigenvalue weighted by molar-refractivity contribution is 6.25. The van der Waals surface area contributed by atoms with E-state index in [9.17, 15) is 4.79 Å². The van der Waals surface area contributed by atoms with Crippen molar-refractivity contribution in [1.29, 1.82) is 0 Å². The van der Waals surface area contributed by atoms with Gasteiger partial charge in [0.05, 0.1) is 17.1 Å². The number of nitrogens with zero attached hydrogens (tertiary/aromatic N) is 4. The smallest absolute Gasteiger partial charge is 0.165 e. The maximum absolute atomic E-state index is 13.0. The van der Waals surface area contributed by atoms with E-state index in [1.54, 1.807) is 0 Å². The Bertz CT molecular complexity index is 1180. The number of rotatable bonds is 3. The van der Waals surface area contributed by atoms with E-state index >= 15 is 0 Å². The number of benzene rings is 1. The minimum atomic E-state index is 0.142. The van der Waals surface area contributed by atoms with E-state index in [1.165, 1.54) is 5.56 Å². The van der Waals surface area contributed by atoms with Gasteiger partial charge in [-0.1, -0.05) is 6.07 Å². The Balaban J connectivity index is 1.48. The molecule has 30 heavy (non-hydrogen) atoms. The first-order valence-electron chi connectivity index (χ1n) is 10.6. The number of carbonyl (C=O) groups excluding carboxylic acids is 1. The molecule has 0 unspecified atom stereocenters. The maximum atomic E-state index is 13.0. The zero-order valence-electron chi connectivity index (χ0n) is 17.8. The van der Waals surface area contributed by atoms with Crippen LogP contribution >= 0.6 is 0 Å². The molecule has 0 spiro atoms. The van der Waals surface area contributed by atoms with Crippen molar-refractivity contribution in [3.05, 3.63) is 58.8 Å². The highest BCUT2D eigenvalue weighted by Crippen LogP contribution is 2.29. The van der Waals surface area contributed by atoms with Crippen LogP contribution in [0, 0.1) is 13.8 Å². The Morgan fingerprint density at radius 2 is 2.00 bits per heavy atom. The van der Waals surface area contributed by atoms with Crippen molar-refractivity contribution in [2.45, 2.75) is 39.2 Å². The molecule has 0 bridgehead atoms. The number of aryl methyl sites for hydroxylation is 3. The van der Waals surface area contributed by atoms with E-state index in [0.29, 0.717) is 18.0 Å². The molecule has 2 aliphatic rings. The summed E-state index contributed by atoms with van der Waals surface area (Å²) in [6, 6.07) is 6.95. The topological polar surface area (TPSA) is 62.5 Å². The fraction of sp³-hybridized carbons (Fsp3) is 0.375. The van der Waals surface area contributed by atoms with Gasteiger partial charge in [-0.15, -0.1) is 0 Å². The van der Waals surface area contributed by atoms with Crippen LogP contribution in [0.3, 0.4) is 0 Å². The van der Waals surface area contributed by atoms with Crippen LogP contribution in [0.1, 0.15) is 41.1 Å². The fourth-order valence-corrected chi connectivity index (χ4v) is 4.61. The molecule has 0 radical (unpaired) electrons. The second-order valence-corrected chi connectivity index (χ2v) is 8.61. The zero-order valence-corrected chi connectivity index (χ0v) is 17.8.